The molecule has 1 aliphatic heterocycles. The summed E-state index contributed by atoms with van der Waals surface area (Å²) in [6.07, 6.45) is 1.17. The largest absolute Gasteiger partial charge is 0.465 e. The van der Waals surface area contributed by atoms with Gasteiger partial charge in [0.2, 0.25) is 0 Å². The van der Waals surface area contributed by atoms with Crippen molar-refractivity contribution in [1.29, 1.82) is 0 Å². The molecule has 1 amide bonds. The van der Waals surface area contributed by atoms with Gasteiger partial charge in [-0.05, 0) is 62.8 Å². The van der Waals surface area contributed by atoms with E-state index in [1.807, 2.05) is 11.6 Å². The first kappa shape index (κ1) is 19.4. The van der Waals surface area contributed by atoms with Crippen LogP contribution >= 0.6 is 15.9 Å². The maximum Gasteiger partial charge on any atom is 0.407 e. The van der Waals surface area contributed by atoms with Gasteiger partial charge in [-0.3, -0.25) is 9.36 Å². The molecule has 0 unspecified atom stereocenters. The van der Waals surface area contributed by atoms with Crippen LogP contribution in [-0.2, 0) is 6.54 Å². The number of hydrogen-bond donors (Lipinski definition) is 1. The Morgan fingerprint density at radius 2 is 2.00 bits per heavy atom. The highest BCUT2D eigenvalue weighted by Crippen LogP contribution is 2.54. The van der Waals surface area contributed by atoms with E-state index in [2.05, 4.69) is 57.7 Å². The zero-order chi connectivity index (χ0) is 20.2. The van der Waals surface area contributed by atoms with E-state index in [4.69, 9.17) is 10.2 Å². The highest BCUT2D eigenvalue weighted by Gasteiger charge is 2.55. The number of likely N-dealkylation sites (N-methyl/N-ethyl adjacent to an activating group) is 1. The van der Waals surface area contributed by atoms with Crippen molar-refractivity contribution in [3.63, 3.8) is 0 Å². The van der Waals surface area contributed by atoms with E-state index in [1.165, 1.54) is 4.90 Å². The zero-order valence-electron chi connectivity index (χ0n) is 16.8. The summed E-state index contributed by atoms with van der Waals surface area (Å²) < 4.78 is 5.16. The minimum Gasteiger partial charge on any atom is -0.465 e. The number of carboxylic acid groups (broad SMARTS) is 1. The van der Waals surface area contributed by atoms with E-state index in [0.717, 1.165) is 53.2 Å². The molecule has 152 valence electrons. The monoisotopic (exact) mass is 450 g/mol. The first-order valence-corrected chi connectivity index (χ1v) is 10.4. The van der Waals surface area contributed by atoms with Crippen molar-refractivity contribution in [1.82, 2.24) is 29.4 Å². The summed E-state index contributed by atoms with van der Waals surface area (Å²) in [7, 11) is 4.12. The third-order valence-electron chi connectivity index (χ3n) is 5.99. The molecule has 1 saturated carbocycles. The second-order valence-corrected chi connectivity index (χ2v) is 9.38. The Labute approximate surface area is 173 Å². The molecular formula is C19H27BrN6O2. The zero-order valence-corrected chi connectivity index (χ0v) is 18.4. The molecule has 1 spiro atoms. The summed E-state index contributed by atoms with van der Waals surface area (Å²) >= 11 is 3.75. The van der Waals surface area contributed by atoms with Crippen LogP contribution in [0.2, 0.25) is 0 Å². The first-order valence-electron chi connectivity index (χ1n) is 9.61. The molecule has 8 nitrogen and oxygen atoms in total. The second-order valence-electron chi connectivity index (χ2n) is 8.59. The van der Waals surface area contributed by atoms with Gasteiger partial charge in [-0.25, -0.2) is 4.79 Å². The molecule has 4 rings (SSSR count). The number of likely N-dealkylation sites (tertiary alicyclic amines) is 1. The van der Waals surface area contributed by atoms with Crippen LogP contribution in [0.3, 0.4) is 0 Å². The molecule has 0 aromatic carbocycles. The lowest BCUT2D eigenvalue weighted by Gasteiger charge is -2.58. The van der Waals surface area contributed by atoms with Crippen molar-refractivity contribution >= 4 is 22.0 Å². The molecule has 3 heterocycles. The predicted molar refractivity (Wildman–Crippen MR) is 109 cm³/mol. The number of amides is 1. The van der Waals surface area contributed by atoms with Crippen LogP contribution < -0.4 is 0 Å². The number of hydrogen-bond acceptors (Lipinski definition) is 4. The Morgan fingerprint density at radius 1 is 1.32 bits per heavy atom. The molecule has 2 fully saturated rings. The quantitative estimate of drug-likeness (QED) is 0.756. The summed E-state index contributed by atoms with van der Waals surface area (Å²) in [5.41, 5.74) is 4.22. The van der Waals surface area contributed by atoms with E-state index in [-0.39, 0.29) is 5.41 Å². The highest BCUT2D eigenvalue weighted by atomic mass is 79.9. The SMILES string of the molecule is Cc1cc(-c2nn(C3CC4(C3)CN(C(=O)O)C4)c(C)c2Br)n(CCN(C)C)n1. The topological polar surface area (TPSA) is 79.4 Å². The molecular weight excluding hydrogens is 424 g/mol. The summed E-state index contributed by atoms with van der Waals surface area (Å²) in [5, 5.41) is 18.7. The maximum absolute atomic E-state index is 11.0. The van der Waals surface area contributed by atoms with E-state index < -0.39 is 6.09 Å². The predicted octanol–water partition coefficient (Wildman–Crippen LogP) is 3.00. The molecule has 1 aliphatic carbocycles. The Balaban J connectivity index is 1.54. The van der Waals surface area contributed by atoms with Crippen molar-refractivity contribution in [3.05, 3.63) is 21.9 Å². The Morgan fingerprint density at radius 3 is 2.61 bits per heavy atom. The van der Waals surface area contributed by atoms with Crippen molar-refractivity contribution in [2.45, 2.75) is 39.3 Å². The molecule has 0 bridgehead atoms. The third kappa shape index (κ3) is 3.24. The molecule has 1 saturated heterocycles. The summed E-state index contributed by atoms with van der Waals surface area (Å²) in [6, 6.07) is 2.42. The van der Waals surface area contributed by atoms with Crippen LogP contribution in [0.1, 0.15) is 30.3 Å². The lowest BCUT2D eigenvalue weighted by atomic mass is 9.61. The van der Waals surface area contributed by atoms with E-state index in [9.17, 15) is 4.79 Å². The van der Waals surface area contributed by atoms with Gasteiger partial charge in [0.1, 0.15) is 5.69 Å². The number of aryl methyl sites for hydroxylation is 1. The Kier molecular flexibility index (Phi) is 4.78. The fraction of sp³-hybridized carbons (Fsp3) is 0.632. The number of carbonyl (C=O) groups is 1. The number of aromatic nitrogens is 4. The second kappa shape index (κ2) is 6.88. The molecule has 2 aromatic rings. The molecule has 2 aromatic heterocycles. The standard InChI is InChI=1S/C19H27BrN6O2/c1-12-7-15(25(21-12)6-5-23(3)4)17-16(20)13(2)26(22-17)14-8-19(9-14)10-24(11-19)18(27)28/h7,14H,5-6,8-11H2,1-4H3,(H,27,28). The van der Waals surface area contributed by atoms with Crippen molar-refractivity contribution < 1.29 is 9.90 Å². The van der Waals surface area contributed by atoms with Gasteiger partial charge in [-0.1, -0.05) is 0 Å². The smallest absolute Gasteiger partial charge is 0.407 e. The molecule has 2 aliphatic rings. The third-order valence-corrected chi connectivity index (χ3v) is 6.94. The van der Waals surface area contributed by atoms with Crippen molar-refractivity contribution in [2.75, 3.05) is 33.7 Å². The summed E-state index contributed by atoms with van der Waals surface area (Å²) in [6.45, 7) is 7.13. The minimum atomic E-state index is -0.810. The number of rotatable bonds is 5. The van der Waals surface area contributed by atoms with Crippen molar-refractivity contribution in [3.8, 4) is 11.4 Å². The van der Waals surface area contributed by atoms with Crippen LogP contribution in [0.15, 0.2) is 10.5 Å². The normalized spacial score (nSPS) is 18.6. The van der Waals surface area contributed by atoms with E-state index in [1.54, 1.807) is 0 Å². The van der Waals surface area contributed by atoms with Crippen LogP contribution in [0.5, 0.6) is 0 Å². The van der Waals surface area contributed by atoms with Crippen LogP contribution in [-0.4, -0.2) is 74.3 Å². The maximum atomic E-state index is 11.0. The van der Waals surface area contributed by atoms with Crippen LogP contribution in [0.4, 0.5) is 4.79 Å². The summed E-state index contributed by atoms with van der Waals surface area (Å²) in [4.78, 5) is 14.7. The lowest BCUT2D eigenvalue weighted by molar-refractivity contribution is -0.0775. The summed E-state index contributed by atoms with van der Waals surface area (Å²) in [5.74, 6) is 0. The van der Waals surface area contributed by atoms with Crippen molar-refractivity contribution in [2.24, 2.45) is 5.41 Å². The number of nitrogens with zero attached hydrogens (tertiary/aromatic N) is 6. The van der Waals surface area contributed by atoms with Gasteiger partial charge in [0.25, 0.3) is 0 Å². The Bertz CT molecular complexity index is 904. The van der Waals surface area contributed by atoms with Gasteiger partial charge in [0.15, 0.2) is 0 Å². The van der Waals surface area contributed by atoms with E-state index >= 15 is 0 Å². The van der Waals surface area contributed by atoms with Gasteiger partial charge < -0.3 is 14.9 Å². The van der Waals surface area contributed by atoms with Gasteiger partial charge in [-0.15, -0.1) is 0 Å². The molecule has 0 atom stereocenters. The van der Waals surface area contributed by atoms with Gasteiger partial charge in [-0.2, -0.15) is 10.2 Å². The van der Waals surface area contributed by atoms with Crippen LogP contribution in [0, 0.1) is 19.3 Å². The number of halogens is 1. The Hall–Kier alpha value is -1.87. The average molecular weight is 451 g/mol. The molecule has 9 heteroatoms. The molecule has 0 radical (unpaired) electrons. The minimum absolute atomic E-state index is 0.165. The van der Waals surface area contributed by atoms with Gasteiger partial charge in [0.05, 0.1) is 34.1 Å². The first-order chi connectivity index (χ1) is 13.2. The van der Waals surface area contributed by atoms with Gasteiger partial charge in [0, 0.05) is 25.0 Å². The fourth-order valence-corrected chi connectivity index (χ4v) is 4.95. The lowest BCUT2D eigenvalue weighted by Crippen LogP contribution is -2.63. The molecule has 1 N–H and O–H groups in total. The highest BCUT2D eigenvalue weighted by molar-refractivity contribution is 9.10. The van der Waals surface area contributed by atoms with E-state index in [0.29, 0.717) is 19.1 Å². The van der Waals surface area contributed by atoms with Crippen LogP contribution in [0.25, 0.3) is 11.4 Å². The average Bonchev–Trinajstić information content (AvgIpc) is 3.04. The fourth-order valence-electron chi connectivity index (χ4n) is 4.49. The van der Waals surface area contributed by atoms with Gasteiger partial charge >= 0.3 is 6.09 Å². The molecule has 28 heavy (non-hydrogen) atoms.